The lowest BCUT2D eigenvalue weighted by atomic mass is 10.3. The lowest BCUT2D eigenvalue weighted by molar-refractivity contribution is 0.322. The van der Waals surface area contributed by atoms with Crippen LogP contribution in [0.25, 0.3) is 0 Å². The minimum absolute atomic E-state index is 1.000. The predicted octanol–water partition coefficient (Wildman–Crippen LogP) is 4.70. The lowest BCUT2D eigenvalue weighted by Crippen LogP contribution is -2.16. The van der Waals surface area contributed by atoms with Crippen LogP contribution in [0.15, 0.2) is 27.4 Å². The third kappa shape index (κ3) is 5.30. The van der Waals surface area contributed by atoms with Crippen LogP contribution in [-0.2, 0) is 19.6 Å². The van der Waals surface area contributed by atoms with E-state index in [-0.39, 0.29) is 0 Å². The van der Waals surface area contributed by atoms with E-state index in [9.17, 15) is 0 Å². The van der Waals surface area contributed by atoms with Gasteiger partial charge in [-0.25, -0.2) is 0 Å². The van der Waals surface area contributed by atoms with Crippen molar-refractivity contribution in [1.82, 2.24) is 10.2 Å². The Bertz CT molecular complexity index is 521. The van der Waals surface area contributed by atoms with E-state index < -0.39 is 0 Å². The molecule has 0 spiro atoms. The Morgan fingerprint density at radius 1 is 1.25 bits per heavy atom. The molecule has 0 aliphatic heterocycles. The highest BCUT2D eigenvalue weighted by Gasteiger charge is 2.06. The molecule has 0 aliphatic rings. The van der Waals surface area contributed by atoms with E-state index in [4.69, 9.17) is 0 Å². The van der Waals surface area contributed by atoms with Crippen molar-refractivity contribution in [3.05, 3.63) is 42.7 Å². The summed E-state index contributed by atoms with van der Waals surface area (Å²) in [5.41, 5.74) is 1.38. The molecule has 0 unspecified atom stereocenters. The summed E-state index contributed by atoms with van der Waals surface area (Å²) in [6.07, 6.45) is 1.19. The van der Waals surface area contributed by atoms with Crippen LogP contribution in [0, 0.1) is 0 Å². The number of halogens is 1. The molecule has 5 heteroatoms. The summed E-state index contributed by atoms with van der Waals surface area (Å²) in [6.45, 7) is 6.32. The molecule has 0 fully saturated rings. The van der Waals surface area contributed by atoms with Crippen molar-refractivity contribution >= 4 is 38.6 Å². The first kappa shape index (κ1) is 16.2. The Hall–Kier alpha value is -0.200. The van der Waals surface area contributed by atoms with Gasteiger partial charge >= 0.3 is 0 Å². The summed E-state index contributed by atoms with van der Waals surface area (Å²) in [4.78, 5) is 5.24. The smallest absolute Gasteiger partial charge is 0.0701 e. The maximum atomic E-state index is 3.52. The first-order valence-corrected chi connectivity index (χ1v) is 9.36. The molecule has 1 N–H and O–H groups in total. The van der Waals surface area contributed by atoms with E-state index in [1.807, 2.05) is 11.3 Å². The monoisotopic (exact) mass is 372 g/mol. The van der Waals surface area contributed by atoms with Crippen LogP contribution in [0.4, 0.5) is 0 Å². The Morgan fingerprint density at radius 2 is 2.05 bits per heavy atom. The van der Waals surface area contributed by atoms with Gasteiger partial charge in [-0.05, 0) is 65.1 Å². The van der Waals surface area contributed by atoms with Gasteiger partial charge in [0.1, 0.15) is 0 Å². The zero-order valence-electron chi connectivity index (χ0n) is 12.0. The summed E-state index contributed by atoms with van der Waals surface area (Å²) in [5, 5.41) is 5.67. The summed E-state index contributed by atoms with van der Waals surface area (Å²) in [5.74, 6) is 0. The van der Waals surface area contributed by atoms with Crippen LogP contribution in [0.1, 0.15) is 28.7 Å². The second-order valence-corrected chi connectivity index (χ2v) is 8.52. The summed E-state index contributed by atoms with van der Waals surface area (Å²) < 4.78 is 1.21. The summed E-state index contributed by atoms with van der Waals surface area (Å²) >= 11 is 7.19. The molecule has 2 rings (SSSR count). The molecule has 0 aromatic carbocycles. The van der Waals surface area contributed by atoms with Crippen LogP contribution in [0.3, 0.4) is 0 Å². The Balaban J connectivity index is 1.80. The standard InChI is InChI=1S/C15H21BrN2S2/c1-3-6-17-8-13-4-5-14(20-13)10-18(2)9-12-7-15(16)19-11-12/h4-5,7,11,17H,3,6,8-10H2,1-2H3. The van der Waals surface area contributed by atoms with E-state index in [1.165, 1.54) is 25.5 Å². The first-order chi connectivity index (χ1) is 9.67. The fourth-order valence-electron chi connectivity index (χ4n) is 2.05. The second-order valence-electron chi connectivity index (χ2n) is 4.98. The normalized spacial score (nSPS) is 11.4. The van der Waals surface area contributed by atoms with Gasteiger partial charge in [-0.15, -0.1) is 22.7 Å². The number of nitrogens with zero attached hydrogens (tertiary/aromatic N) is 1. The third-order valence-corrected chi connectivity index (χ3v) is 5.57. The number of rotatable bonds is 8. The Morgan fingerprint density at radius 3 is 2.75 bits per heavy atom. The molecular formula is C15H21BrN2S2. The van der Waals surface area contributed by atoms with Crippen molar-refractivity contribution in [3.63, 3.8) is 0 Å². The van der Waals surface area contributed by atoms with E-state index >= 15 is 0 Å². The molecule has 20 heavy (non-hydrogen) atoms. The quantitative estimate of drug-likeness (QED) is 0.675. The Labute approximate surface area is 138 Å². The first-order valence-electron chi connectivity index (χ1n) is 6.87. The van der Waals surface area contributed by atoms with Gasteiger partial charge in [-0.3, -0.25) is 4.90 Å². The molecule has 0 aliphatic carbocycles. The fourth-order valence-corrected chi connectivity index (χ4v) is 4.32. The van der Waals surface area contributed by atoms with E-state index in [2.05, 4.69) is 63.7 Å². The maximum absolute atomic E-state index is 3.52. The molecule has 110 valence electrons. The summed E-state index contributed by atoms with van der Waals surface area (Å²) in [7, 11) is 2.18. The van der Waals surface area contributed by atoms with Crippen molar-refractivity contribution in [3.8, 4) is 0 Å². The molecule has 2 aromatic rings. The average molecular weight is 373 g/mol. The van der Waals surface area contributed by atoms with Crippen LogP contribution in [-0.4, -0.2) is 18.5 Å². The predicted molar refractivity (Wildman–Crippen MR) is 93.5 cm³/mol. The van der Waals surface area contributed by atoms with Crippen molar-refractivity contribution in [1.29, 1.82) is 0 Å². The molecule has 0 amide bonds. The van der Waals surface area contributed by atoms with Gasteiger partial charge in [0.2, 0.25) is 0 Å². The van der Waals surface area contributed by atoms with E-state index in [0.717, 1.165) is 26.2 Å². The average Bonchev–Trinajstić information content (AvgIpc) is 2.99. The van der Waals surface area contributed by atoms with Crippen LogP contribution in [0.5, 0.6) is 0 Å². The van der Waals surface area contributed by atoms with Gasteiger partial charge < -0.3 is 5.32 Å². The zero-order chi connectivity index (χ0) is 14.4. The molecule has 0 atom stereocenters. The van der Waals surface area contributed by atoms with Gasteiger partial charge in [0.25, 0.3) is 0 Å². The van der Waals surface area contributed by atoms with Gasteiger partial charge in [0, 0.05) is 29.4 Å². The molecular weight excluding hydrogens is 352 g/mol. The minimum atomic E-state index is 1.000. The van der Waals surface area contributed by atoms with Crippen LogP contribution in [0.2, 0.25) is 0 Å². The Kier molecular flexibility index (Phi) is 6.71. The zero-order valence-corrected chi connectivity index (χ0v) is 15.2. The molecule has 0 saturated heterocycles. The van der Waals surface area contributed by atoms with Crippen molar-refractivity contribution in [2.45, 2.75) is 33.0 Å². The fraction of sp³-hybridized carbons (Fsp3) is 0.467. The van der Waals surface area contributed by atoms with Gasteiger partial charge in [-0.1, -0.05) is 6.92 Å². The molecule has 0 radical (unpaired) electrons. The van der Waals surface area contributed by atoms with Gasteiger partial charge in [-0.2, -0.15) is 0 Å². The van der Waals surface area contributed by atoms with Crippen LogP contribution >= 0.6 is 38.6 Å². The number of thiophene rings is 2. The van der Waals surface area contributed by atoms with Crippen LogP contribution < -0.4 is 5.32 Å². The van der Waals surface area contributed by atoms with Crippen molar-refractivity contribution in [2.75, 3.05) is 13.6 Å². The number of nitrogens with one attached hydrogen (secondary N) is 1. The summed E-state index contributed by atoms with van der Waals surface area (Å²) in [6, 6.07) is 6.71. The maximum Gasteiger partial charge on any atom is 0.0701 e. The second kappa shape index (κ2) is 8.29. The molecule has 0 saturated carbocycles. The minimum Gasteiger partial charge on any atom is -0.312 e. The van der Waals surface area contributed by atoms with Gasteiger partial charge in [0.05, 0.1) is 3.79 Å². The molecule has 2 nitrogen and oxygen atoms in total. The highest BCUT2D eigenvalue weighted by Crippen LogP contribution is 2.23. The molecule has 2 aromatic heterocycles. The van der Waals surface area contributed by atoms with Crippen molar-refractivity contribution < 1.29 is 0 Å². The largest absolute Gasteiger partial charge is 0.312 e. The van der Waals surface area contributed by atoms with Gasteiger partial charge in [0.15, 0.2) is 0 Å². The molecule has 2 heterocycles. The lowest BCUT2D eigenvalue weighted by Gasteiger charge is -2.14. The van der Waals surface area contributed by atoms with Crippen molar-refractivity contribution in [2.24, 2.45) is 0 Å². The highest BCUT2D eigenvalue weighted by atomic mass is 79.9. The van der Waals surface area contributed by atoms with E-state index in [0.29, 0.717) is 0 Å². The van der Waals surface area contributed by atoms with E-state index in [1.54, 1.807) is 11.3 Å². The molecule has 0 bridgehead atoms. The highest BCUT2D eigenvalue weighted by molar-refractivity contribution is 9.11. The number of hydrogen-bond donors (Lipinski definition) is 1. The SMILES string of the molecule is CCCNCc1ccc(CN(C)Cc2csc(Br)c2)s1. The topological polar surface area (TPSA) is 15.3 Å². The third-order valence-electron chi connectivity index (χ3n) is 2.94. The number of hydrogen-bond acceptors (Lipinski definition) is 4.